The van der Waals surface area contributed by atoms with Crippen LogP contribution in [-0.4, -0.2) is 34.2 Å². The maximum Gasteiger partial charge on any atom is 0.411 e. The highest BCUT2D eigenvalue weighted by Gasteiger charge is 2.22. The molecular formula is C8H16ClNO2S2. The Balaban J connectivity index is 4.03. The quantitative estimate of drug-likeness (QED) is 0.343. The SMILES string of the molecule is CC(S)N(C(=O)OCCCCl)C(C)S. The van der Waals surface area contributed by atoms with Crippen molar-refractivity contribution in [1.82, 2.24) is 4.90 Å². The fraction of sp³-hybridized carbons (Fsp3) is 0.875. The average Bonchev–Trinajstić information content (AvgIpc) is 2.03. The lowest BCUT2D eigenvalue weighted by atomic mass is 10.5. The molecule has 3 nitrogen and oxygen atoms in total. The lowest BCUT2D eigenvalue weighted by molar-refractivity contribution is 0.0992. The van der Waals surface area contributed by atoms with Crippen molar-refractivity contribution in [3.8, 4) is 0 Å². The van der Waals surface area contributed by atoms with E-state index >= 15 is 0 Å². The summed E-state index contributed by atoms with van der Waals surface area (Å²) >= 11 is 13.8. The van der Waals surface area contributed by atoms with Gasteiger partial charge in [0.1, 0.15) is 0 Å². The van der Waals surface area contributed by atoms with Gasteiger partial charge in [0, 0.05) is 5.88 Å². The molecule has 0 fully saturated rings. The Hall–Kier alpha value is 0.260. The molecule has 0 aliphatic heterocycles. The molecule has 2 unspecified atom stereocenters. The largest absolute Gasteiger partial charge is 0.449 e. The third kappa shape index (κ3) is 5.22. The summed E-state index contributed by atoms with van der Waals surface area (Å²) in [7, 11) is 0. The Morgan fingerprint density at radius 2 is 1.93 bits per heavy atom. The van der Waals surface area contributed by atoms with Crippen molar-refractivity contribution in [1.29, 1.82) is 0 Å². The number of hydrogen-bond acceptors (Lipinski definition) is 4. The first-order chi connectivity index (χ1) is 6.50. The van der Waals surface area contributed by atoms with Gasteiger partial charge in [0.2, 0.25) is 0 Å². The van der Waals surface area contributed by atoms with Gasteiger partial charge < -0.3 is 4.74 Å². The highest BCUT2D eigenvalue weighted by atomic mass is 35.5. The van der Waals surface area contributed by atoms with Gasteiger partial charge in [-0.15, -0.1) is 11.6 Å². The second-order valence-corrected chi connectivity index (χ2v) is 4.70. The molecule has 0 bridgehead atoms. The monoisotopic (exact) mass is 257 g/mol. The summed E-state index contributed by atoms with van der Waals surface area (Å²) in [6.07, 6.45) is 0.253. The molecule has 0 aromatic rings. The van der Waals surface area contributed by atoms with Crippen molar-refractivity contribution < 1.29 is 9.53 Å². The predicted molar refractivity (Wildman–Crippen MR) is 65.4 cm³/mol. The van der Waals surface area contributed by atoms with E-state index in [1.54, 1.807) is 13.8 Å². The van der Waals surface area contributed by atoms with Gasteiger partial charge in [-0.2, -0.15) is 25.3 Å². The molecule has 0 aliphatic rings. The zero-order valence-corrected chi connectivity index (χ0v) is 10.9. The molecule has 0 saturated heterocycles. The molecule has 14 heavy (non-hydrogen) atoms. The van der Waals surface area contributed by atoms with Crippen molar-refractivity contribution in [3.63, 3.8) is 0 Å². The highest BCUT2D eigenvalue weighted by molar-refractivity contribution is 7.81. The molecule has 0 aliphatic carbocycles. The van der Waals surface area contributed by atoms with Gasteiger partial charge in [0.15, 0.2) is 0 Å². The van der Waals surface area contributed by atoms with E-state index in [2.05, 4.69) is 25.3 Å². The van der Waals surface area contributed by atoms with Crippen LogP contribution in [0.1, 0.15) is 20.3 Å². The highest BCUT2D eigenvalue weighted by Crippen LogP contribution is 2.13. The van der Waals surface area contributed by atoms with Crippen LogP contribution in [0.15, 0.2) is 0 Å². The van der Waals surface area contributed by atoms with Crippen LogP contribution in [0.4, 0.5) is 4.79 Å². The van der Waals surface area contributed by atoms with Crippen LogP contribution in [0, 0.1) is 0 Å². The van der Waals surface area contributed by atoms with Crippen LogP contribution >= 0.6 is 36.9 Å². The third-order valence-electron chi connectivity index (χ3n) is 1.52. The minimum atomic E-state index is -0.403. The lowest BCUT2D eigenvalue weighted by Gasteiger charge is -2.28. The van der Waals surface area contributed by atoms with Crippen LogP contribution in [-0.2, 0) is 4.74 Å². The summed E-state index contributed by atoms with van der Waals surface area (Å²) in [5.74, 6) is 0.486. The van der Waals surface area contributed by atoms with Crippen LogP contribution in [0.3, 0.4) is 0 Å². The molecule has 2 atom stereocenters. The molecule has 6 heteroatoms. The number of thiol groups is 2. The van der Waals surface area contributed by atoms with E-state index in [1.807, 2.05) is 0 Å². The Kier molecular flexibility index (Phi) is 7.68. The summed E-state index contributed by atoms with van der Waals surface area (Å²) in [5.41, 5.74) is 0. The number of amides is 1. The van der Waals surface area contributed by atoms with Crippen LogP contribution in [0.5, 0.6) is 0 Å². The van der Waals surface area contributed by atoms with Gasteiger partial charge in [-0.3, -0.25) is 4.90 Å². The van der Waals surface area contributed by atoms with Gasteiger partial charge in [-0.25, -0.2) is 4.79 Å². The van der Waals surface area contributed by atoms with Crippen molar-refractivity contribution >= 4 is 43.0 Å². The Bertz CT molecular complexity index is 171. The van der Waals surface area contributed by atoms with E-state index in [0.717, 1.165) is 0 Å². The Labute approximate surface area is 101 Å². The van der Waals surface area contributed by atoms with Gasteiger partial charge in [0.05, 0.1) is 17.4 Å². The summed E-state index contributed by atoms with van der Waals surface area (Å²) in [6, 6.07) is 0. The standard InChI is InChI=1S/C8H16ClNO2S2/c1-6(13)10(7(2)14)8(11)12-5-3-4-9/h6-7,13-14H,3-5H2,1-2H3. The van der Waals surface area contributed by atoms with E-state index in [-0.39, 0.29) is 10.7 Å². The molecular weight excluding hydrogens is 242 g/mol. The van der Waals surface area contributed by atoms with Crippen LogP contribution in [0.25, 0.3) is 0 Å². The van der Waals surface area contributed by atoms with E-state index in [1.165, 1.54) is 4.90 Å². The summed E-state index contributed by atoms with van der Waals surface area (Å²) in [5, 5.41) is -0.433. The van der Waals surface area contributed by atoms with Crippen LogP contribution < -0.4 is 0 Å². The number of halogens is 1. The van der Waals surface area contributed by atoms with E-state index in [4.69, 9.17) is 16.3 Å². The smallest absolute Gasteiger partial charge is 0.411 e. The van der Waals surface area contributed by atoms with Gasteiger partial charge in [-0.1, -0.05) is 0 Å². The van der Waals surface area contributed by atoms with Gasteiger partial charge >= 0.3 is 6.09 Å². The summed E-state index contributed by atoms with van der Waals surface area (Å²) in [6.45, 7) is 3.91. The second-order valence-electron chi connectivity index (χ2n) is 2.83. The minimum absolute atomic E-state index is 0.217. The number of ether oxygens (including phenoxy) is 1. The number of alkyl halides is 1. The van der Waals surface area contributed by atoms with Gasteiger partial charge in [0.25, 0.3) is 0 Å². The lowest BCUT2D eigenvalue weighted by Crippen LogP contribution is -2.40. The Morgan fingerprint density at radius 3 is 2.29 bits per heavy atom. The normalized spacial score (nSPS) is 14.6. The fourth-order valence-corrected chi connectivity index (χ4v) is 1.71. The van der Waals surface area contributed by atoms with Crippen molar-refractivity contribution in [2.75, 3.05) is 12.5 Å². The van der Waals surface area contributed by atoms with E-state index in [9.17, 15) is 4.79 Å². The fourth-order valence-electron chi connectivity index (χ4n) is 0.906. The molecule has 0 spiro atoms. The van der Waals surface area contributed by atoms with Crippen molar-refractivity contribution in [3.05, 3.63) is 0 Å². The number of hydrogen-bond donors (Lipinski definition) is 2. The number of carbonyl (C=O) groups excluding carboxylic acids is 1. The zero-order chi connectivity index (χ0) is 11.1. The molecule has 0 radical (unpaired) electrons. The molecule has 0 aromatic carbocycles. The van der Waals surface area contributed by atoms with E-state index in [0.29, 0.717) is 18.9 Å². The van der Waals surface area contributed by atoms with Crippen molar-refractivity contribution in [2.45, 2.75) is 31.0 Å². The predicted octanol–water partition coefficient (Wildman–Crippen LogP) is 2.61. The average molecular weight is 258 g/mol. The maximum atomic E-state index is 11.5. The Morgan fingerprint density at radius 1 is 1.43 bits per heavy atom. The van der Waals surface area contributed by atoms with Crippen LogP contribution in [0.2, 0.25) is 0 Å². The topological polar surface area (TPSA) is 29.5 Å². The molecule has 0 N–H and O–H groups in total. The minimum Gasteiger partial charge on any atom is -0.449 e. The molecule has 0 saturated carbocycles. The number of nitrogens with zero attached hydrogens (tertiary/aromatic N) is 1. The summed E-state index contributed by atoms with van der Waals surface area (Å²) in [4.78, 5) is 12.9. The number of rotatable bonds is 5. The van der Waals surface area contributed by atoms with E-state index < -0.39 is 6.09 Å². The molecule has 0 rings (SSSR count). The third-order valence-corrected chi connectivity index (χ3v) is 2.28. The molecule has 1 amide bonds. The molecule has 0 heterocycles. The maximum absolute atomic E-state index is 11.5. The van der Waals surface area contributed by atoms with Gasteiger partial charge in [-0.05, 0) is 20.3 Å². The molecule has 0 aromatic heterocycles. The van der Waals surface area contributed by atoms with Crippen molar-refractivity contribution in [2.24, 2.45) is 0 Å². The first-order valence-electron chi connectivity index (χ1n) is 4.38. The number of carbonyl (C=O) groups is 1. The first-order valence-corrected chi connectivity index (χ1v) is 5.94. The summed E-state index contributed by atoms with van der Waals surface area (Å²) < 4.78 is 4.97. The molecule has 84 valence electrons. The second kappa shape index (κ2) is 7.54. The zero-order valence-electron chi connectivity index (χ0n) is 8.31. The first kappa shape index (κ1) is 14.3.